The summed E-state index contributed by atoms with van der Waals surface area (Å²) in [5.74, 6) is 0.0486. The van der Waals surface area contributed by atoms with Crippen LogP contribution in [0.5, 0.6) is 0 Å². The molecule has 3 nitrogen and oxygen atoms in total. The van der Waals surface area contributed by atoms with Crippen molar-refractivity contribution < 1.29 is 4.79 Å². The van der Waals surface area contributed by atoms with Crippen molar-refractivity contribution >= 4 is 5.91 Å². The zero-order chi connectivity index (χ0) is 6.57. The van der Waals surface area contributed by atoms with Gasteiger partial charge in [0.2, 0.25) is 5.91 Å². The van der Waals surface area contributed by atoms with E-state index in [1.165, 1.54) is 4.90 Å². The lowest BCUT2D eigenvalue weighted by Gasteiger charge is -2.07. The summed E-state index contributed by atoms with van der Waals surface area (Å²) >= 11 is 0. The van der Waals surface area contributed by atoms with Crippen molar-refractivity contribution in [2.24, 2.45) is 0 Å². The van der Waals surface area contributed by atoms with Crippen molar-refractivity contribution in [1.29, 1.82) is 0 Å². The van der Waals surface area contributed by atoms with Crippen LogP contribution in [0, 0.1) is 0 Å². The van der Waals surface area contributed by atoms with E-state index in [0.29, 0.717) is 6.54 Å². The molecule has 0 aromatic rings. The summed E-state index contributed by atoms with van der Waals surface area (Å²) in [4.78, 5) is 12.1. The number of hydrogen-bond acceptors (Lipinski definition) is 1. The average molecular weight is 115 g/mol. The Labute approximate surface area is 49.7 Å². The minimum absolute atomic E-state index is 0.0486. The number of carbonyl (C=O) groups excluding carboxylic acids is 1. The molecule has 0 heterocycles. The van der Waals surface area contributed by atoms with Crippen LogP contribution in [-0.2, 0) is 4.79 Å². The lowest BCUT2D eigenvalue weighted by Crippen LogP contribution is -2.28. The third-order valence-corrected chi connectivity index (χ3v) is 0.792. The SMILES string of the molecule is C[N]CC(=O)N(C)C. The van der Waals surface area contributed by atoms with E-state index >= 15 is 0 Å². The maximum atomic E-state index is 10.6. The van der Waals surface area contributed by atoms with Crippen LogP contribution < -0.4 is 5.32 Å². The Kier molecular flexibility index (Phi) is 3.19. The maximum absolute atomic E-state index is 10.6. The Morgan fingerprint density at radius 1 is 1.62 bits per heavy atom. The van der Waals surface area contributed by atoms with Gasteiger partial charge in [0.15, 0.2) is 0 Å². The van der Waals surface area contributed by atoms with Crippen LogP contribution in [0.15, 0.2) is 0 Å². The van der Waals surface area contributed by atoms with Gasteiger partial charge >= 0.3 is 0 Å². The van der Waals surface area contributed by atoms with Gasteiger partial charge in [-0.15, -0.1) is 0 Å². The Hall–Kier alpha value is -0.570. The summed E-state index contributed by atoms with van der Waals surface area (Å²) in [6, 6.07) is 0. The second kappa shape index (κ2) is 3.43. The van der Waals surface area contributed by atoms with Crippen LogP contribution in [-0.4, -0.2) is 38.5 Å². The molecule has 0 aliphatic carbocycles. The lowest BCUT2D eigenvalue weighted by atomic mass is 10.5. The van der Waals surface area contributed by atoms with Crippen molar-refractivity contribution in [2.75, 3.05) is 27.7 Å². The number of likely N-dealkylation sites (N-methyl/N-ethyl adjacent to an activating group) is 2. The molecule has 0 atom stereocenters. The fourth-order valence-corrected chi connectivity index (χ4v) is 0.277. The highest BCUT2D eigenvalue weighted by molar-refractivity contribution is 5.77. The van der Waals surface area contributed by atoms with E-state index in [-0.39, 0.29) is 5.91 Å². The van der Waals surface area contributed by atoms with Crippen molar-refractivity contribution in [3.8, 4) is 0 Å². The quantitative estimate of drug-likeness (QED) is 0.469. The van der Waals surface area contributed by atoms with Crippen molar-refractivity contribution in [1.82, 2.24) is 10.2 Å². The van der Waals surface area contributed by atoms with E-state index < -0.39 is 0 Å². The molecule has 0 unspecified atom stereocenters. The fourth-order valence-electron chi connectivity index (χ4n) is 0.277. The van der Waals surface area contributed by atoms with Crippen LogP contribution in [0.3, 0.4) is 0 Å². The van der Waals surface area contributed by atoms with Gasteiger partial charge in [-0.2, -0.15) is 0 Å². The van der Waals surface area contributed by atoms with Crippen molar-refractivity contribution in [2.45, 2.75) is 0 Å². The van der Waals surface area contributed by atoms with Crippen LogP contribution in [0.4, 0.5) is 0 Å². The second-order valence-corrected chi connectivity index (χ2v) is 1.76. The Balaban J connectivity index is 3.33. The van der Waals surface area contributed by atoms with Gasteiger partial charge in [-0.05, 0) is 0 Å². The molecule has 1 radical (unpaired) electrons. The van der Waals surface area contributed by atoms with E-state index in [9.17, 15) is 4.79 Å². The predicted molar refractivity (Wildman–Crippen MR) is 31.6 cm³/mol. The highest BCUT2D eigenvalue weighted by Crippen LogP contribution is 1.73. The number of hydrogen-bond donors (Lipinski definition) is 0. The van der Waals surface area contributed by atoms with Gasteiger partial charge < -0.3 is 4.90 Å². The standard InChI is InChI=1S/C5H11N2O/c1-6-4-5(8)7(2)3/h4H2,1-3H3. The first-order valence-electron chi connectivity index (χ1n) is 2.44. The molecule has 3 heteroatoms. The van der Waals surface area contributed by atoms with Gasteiger partial charge in [0.1, 0.15) is 0 Å². The second-order valence-electron chi connectivity index (χ2n) is 1.76. The van der Waals surface area contributed by atoms with E-state index in [2.05, 4.69) is 5.32 Å². The summed E-state index contributed by atoms with van der Waals surface area (Å²) in [5, 5.41) is 3.67. The largest absolute Gasteiger partial charge is 0.348 e. The zero-order valence-electron chi connectivity index (χ0n) is 5.51. The van der Waals surface area contributed by atoms with Gasteiger partial charge in [0.25, 0.3) is 0 Å². The third-order valence-electron chi connectivity index (χ3n) is 0.792. The Morgan fingerprint density at radius 3 is 2.25 bits per heavy atom. The van der Waals surface area contributed by atoms with Gasteiger partial charge in [0, 0.05) is 21.1 Å². The van der Waals surface area contributed by atoms with Gasteiger partial charge in [-0.1, -0.05) is 0 Å². The molecule has 0 spiro atoms. The molecule has 0 aromatic carbocycles. The van der Waals surface area contributed by atoms with E-state index in [0.717, 1.165) is 0 Å². The normalized spacial score (nSPS) is 8.88. The molecule has 0 aliphatic heterocycles. The maximum Gasteiger partial charge on any atom is 0.237 e. The summed E-state index contributed by atoms with van der Waals surface area (Å²) in [5.41, 5.74) is 0. The predicted octanol–water partition coefficient (Wildman–Crippen LogP) is -0.691. The Morgan fingerprint density at radius 2 is 2.12 bits per heavy atom. The molecule has 0 fully saturated rings. The van der Waals surface area contributed by atoms with E-state index in [1.54, 1.807) is 21.1 Å². The average Bonchev–Trinajstić information content (AvgIpc) is 1.67. The summed E-state index contributed by atoms with van der Waals surface area (Å²) < 4.78 is 0. The highest BCUT2D eigenvalue weighted by Gasteiger charge is 1.99. The highest BCUT2D eigenvalue weighted by atomic mass is 16.2. The molecule has 0 aromatic heterocycles. The minimum Gasteiger partial charge on any atom is -0.348 e. The third kappa shape index (κ3) is 2.58. The smallest absolute Gasteiger partial charge is 0.237 e. The molecule has 0 N–H and O–H groups in total. The van der Waals surface area contributed by atoms with Crippen molar-refractivity contribution in [3.63, 3.8) is 0 Å². The van der Waals surface area contributed by atoms with Crippen LogP contribution in [0.1, 0.15) is 0 Å². The molecule has 0 bridgehead atoms. The van der Waals surface area contributed by atoms with Gasteiger partial charge in [-0.3, -0.25) is 4.79 Å². The van der Waals surface area contributed by atoms with Crippen molar-refractivity contribution in [3.05, 3.63) is 0 Å². The molecule has 47 valence electrons. The summed E-state index contributed by atoms with van der Waals surface area (Å²) in [7, 11) is 5.06. The van der Waals surface area contributed by atoms with Crippen LogP contribution in [0.25, 0.3) is 0 Å². The minimum atomic E-state index is 0.0486. The molecule has 0 aliphatic rings. The van der Waals surface area contributed by atoms with Gasteiger partial charge in [0.05, 0.1) is 6.54 Å². The molecule has 0 saturated carbocycles. The number of rotatable bonds is 2. The fraction of sp³-hybridized carbons (Fsp3) is 0.800. The topological polar surface area (TPSA) is 34.4 Å². The summed E-state index contributed by atoms with van der Waals surface area (Å²) in [6.07, 6.45) is 0. The van der Waals surface area contributed by atoms with Gasteiger partial charge in [-0.25, -0.2) is 5.32 Å². The molecular weight excluding hydrogens is 104 g/mol. The first-order chi connectivity index (χ1) is 3.68. The molecular formula is C5H11N2O. The van der Waals surface area contributed by atoms with E-state index in [1.807, 2.05) is 0 Å². The molecule has 1 amide bonds. The summed E-state index contributed by atoms with van der Waals surface area (Å²) in [6.45, 7) is 0.299. The Bertz CT molecular complexity index is 80.5. The van der Waals surface area contributed by atoms with Crippen LogP contribution in [0.2, 0.25) is 0 Å². The molecule has 8 heavy (non-hydrogen) atoms. The number of amides is 1. The zero-order valence-corrected chi connectivity index (χ0v) is 5.51. The first-order valence-corrected chi connectivity index (χ1v) is 2.44. The monoisotopic (exact) mass is 115 g/mol. The molecule has 0 rings (SSSR count). The number of carbonyl (C=O) groups is 1. The number of nitrogens with zero attached hydrogens (tertiary/aromatic N) is 2. The first kappa shape index (κ1) is 7.43. The van der Waals surface area contributed by atoms with Crippen LogP contribution >= 0.6 is 0 Å². The van der Waals surface area contributed by atoms with E-state index in [4.69, 9.17) is 0 Å². The lowest BCUT2D eigenvalue weighted by molar-refractivity contribution is -0.127. The molecule has 0 saturated heterocycles.